The molecular formula is C33H43F3N2O2S. The number of carbonyl (C=O) groups excluding carboxylic acids is 1. The van der Waals surface area contributed by atoms with Crippen molar-refractivity contribution >= 4 is 23.3 Å². The second-order valence-electron chi connectivity index (χ2n) is 11.0. The molecular weight excluding hydrogens is 545 g/mol. The second kappa shape index (κ2) is 15.8. The number of alkyl halides is 3. The van der Waals surface area contributed by atoms with E-state index in [0.717, 1.165) is 79.5 Å². The summed E-state index contributed by atoms with van der Waals surface area (Å²) in [5, 5.41) is 0. The molecule has 0 aromatic heterocycles. The number of hydrogen-bond donors (Lipinski definition) is 0. The summed E-state index contributed by atoms with van der Waals surface area (Å²) in [7, 11) is 0. The van der Waals surface area contributed by atoms with E-state index < -0.39 is 11.7 Å². The van der Waals surface area contributed by atoms with Crippen molar-refractivity contribution in [2.75, 3.05) is 45.9 Å². The Morgan fingerprint density at radius 2 is 1.54 bits per heavy atom. The average Bonchev–Trinajstić information content (AvgIpc) is 2.96. The Bertz CT molecular complexity index is 1160. The van der Waals surface area contributed by atoms with Gasteiger partial charge in [-0.25, -0.2) is 0 Å². The number of benzene rings is 2. The van der Waals surface area contributed by atoms with Gasteiger partial charge in [-0.1, -0.05) is 81.5 Å². The van der Waals surface area contributed by atoms with Crippen molar-refractivity contribution in [2.45, 2.75) is 80.7 Å². The fourth-order valence-electron chi connectivity index (χ4n) is 5.48. The van der Waals surface area contributed by atoms with Gasteiger partial charge in [0.2, 0.25) is 0 Å². The Kier molecular flexibility index (Phi) is 12.2. The predicted octanol–water partition coefficient (Wildman–Crippen LogP) is 8.29. The first-order valence-corrected chi connectivity index (χ1v) is 16.0. The lowest BCUT2D eigenvalue weighted by atomic mass is 9.94. The average molecular weight is 589 g/mol. The van der Waals surface area contributed by atoms with Crippen molar-refractivity contribution in [3.05, 3.63) is 65.2 Å². The van der Waals surface area contributed by atoms with Gasteiger partial charge < -0.3 is 9.64 Å². The lowest BCUT2D eigenvalue weighted by molar-refractivity contribution is -0.144. The van der Waals surface area contributed by atoms with Gasteiger partial charge >= 0.3 is 12.1 Å². The predicted molar refractivity (Wildman–Crippen MR) is 160 cm³/mol. The minimum atomic E-state index is -4.37. The number of hydrogen-bond acceptors (Lipinski definition) is 5. The van der Waals surface area contributed by atoms with E-state index in [0.29, 0.717) is 18.6 Å². The molecule has 2 aliphatic heterocycles. The molecule has 0 N–H and O–H groups in total. The Morgan fingerprint density at radius 3 is 2.27 bits per heavy atom. The number of nitrogens with zero attached hydrogens (tertiary/aromatic N) is 2. The Morgan fingerprint density at radius 1 is 0.878 bits per heavy atom. The number of esters is 1. The highest BCUT2D eigenvalue weighted by Gasteiger charge is 2.32. The number of fused-ring (bicyclic) bond motifs is 2. The molecule has 2 heterocycles. The Labute approximate surface area is 247 Å². The summed E-state index contributed by atoms with van der Waals surface area (Å²) in [4.78, 5) is 18.7. The third kappa shape index (κ3) is 9.62. The summed E-state index contributed by atoms with van der Waals surface area (Å²) in [6, 6.07) is 12.0. The van der Waals surface area contributed by atoms with E-state index in [2.05, 4.69) is 22.8 Å². The van der Waals surface area contributed by atoms with E-state index in [4.69, 9.17) is 4.74 Å². The summed E-state index contributed by atoms with van der Waals surface area (Å²) < 4.78 is 45.9. The molecule has 224 valence electrons. The number of unbranched alkanes of at least 4 members (excludes halogenated alkanes) is 6. The molecule has 1 saturated heterocycles. The van der Waals surface area contributed by atoms with Crippen LogP contribution in [0.1, 0.15) is 81.4 Å². The van der Waals surface area contributed by atoms with Gasteiger partial charge in [0.05, 0.1) is 5.56 Å². The minimum absolute atomic E-state index is 0.0863. The molecule has 0 unspecified atom stereocenters. The van der Waals surface area contributed by atoms with Gasteiger partial charge in [-0.05, 0) is 53.8 Å². The number of halogens is 3. The van der Waals surface area contributed by atoms with Crippen LogP contribution in [0.5, 0.6) is 0 Å². The Hall–Kier alpha value is -2.29. The number of carbonyl (C=O) groups is 1. The highest BCUT2D eigenvalue weighted by Crippen LogP contribution is 2.47. The zero-order valence-electron chi connectivity index (χ0n) is 24.2. The van der Waals surface area contributed by atoms with Crippen LogP contribution in [0.2, 0.25) is 0 Å². The zero-order valence-corrected chi connectivity index (χ0v) is 25.0. The van der Waals surface area contributed by atoms with Gasteiger partial charge in [0.25, 0.3) is 0 Å². The van der Waals surface area contributed by atoms with E-state index >= 15 is 0 Å². The summed E-state index contributed by atoms with van der Waals surface area (Å²) in [5.74, 6) is -0.0863. The molecule has 2 aliphatic rings. The molecule has 8 heteroatoms. The molecule has 0 spiro atoms. The van der Waals surface area contributed by atoms with Crippen LogP contribution in [0.15, 0.2) is 58.3 Å². The molecule has 0 amide bonds. The van der Waals surface area contributed by atoms with Crippen molar-refractivity contribution in [2.24, 2.45) is 0 Å². The van der Waals surface area contributed by atoms with Crippen LogP contribution in [0, 0.1) is 0 Å². The SMILES string of the molecule is CCCCCCCCCC(=O)OCCN1CCN(CC/C=C2/c3ccccc3Sc3ccc(C(F)(F)F)cc32)CC1. The lowest BCUT2D eigenvalue weighted by Crippen LogP contribution is -2.47. The van der Waals surface area contributed by atoms with Gasteiger partial charge in [0.15, 0.2) is 0 Å². The van der Waals surface area contributed by atoms with Gasteiger partial charge in [-0.15, -0.1) is 0 Å². The monoisotopic (exact) mass is 588 g/mol. The molecule has 0 bridgehead atoms. The largest absolute Gasteiger partial charge is 0.464 e. The summed E-state index contributed by atoms with van der Waals surface area (Å²) in [5.41, 5.74) is 1.93. The highest BCUT2D eigenvalue weighted by molar-refractivity contribution is 7.99. The lowest BCUT2D eigenvalue weighted by Gasteiger charge is -2.34. The highest BCUT2D eigenvalue weighted by atomic mass is 32.2. The maximum absolute atomic E-state index is 13.5. The normalized spacial score (nSPS) is 16.9. The molecule has 0 radical (unpaired) electrons. The number of rotatable bonds is 14. The molecule has 4 rings (SSSR count). The van der Waals surface area contributed by atoms with Crippen LogP contribution >= 0.6 is 11.8 Å². The molecule has 0 saturated carbocycles. The first-order valence-electron chi connectivity index (χ1n) is 15.1. The van der Waals surface area contributed by atoms with Gasteiger partial charge in [-0.2, -0.15) is 13.2 Å². The van der Waals surface area contributed by atoms with E-state index in [9.17, 15) is 18.0 Å². The third-order valence-electron chi connectivity index (χ3n) is 7.91. The van der Waals surface area contributed by atoms with Gasteiger partial charge in [0, 0.05) is 55.5 Å². The van der Waals surface area contributed by atoms with Crippen molar-refractivity contribution in [1.29, 1.82) is 0 Å². The fraction of sp³-hybridized carbons (Fsp3) is 0.545. The van der Waals surface area contributed by atoms with E-state index in [-0.39, 0.29) is 5.97 Å². The first kappa shape index (κ1) is 31.6. The quantitative estimate of drug-likeness (QED) is 0.140. The second-order valence-corrected chi connectivity index (χ2v) is 12.1. The van der Waals surface area contributed by atoms with Crippen molar-refractivity contribution in [1.82, 2.24) is 9.80 Å². The maximum atomic E-state index is 13.5. The van der Waals surface area contributed by atoms with E-state index in [1.165, 1.54) is 56.0 Å². The third-order valence-corrected chi connectivity index (χ3v) is 9.06. The maximum Gasteiger partial charge on any atom is 0.416 e. The van der Waals surface area contributed by atoms with E-state index in [1.807, 2.05) is 24.3 Å². The first-order chi connectivity index (χ1) is 19.8. The molecule has 4 nitrogen and oxygen atoms in total. The summed E-state index contributed by atoms with van der Waals surface area (Å²) in [6.45, 7) is 7.97. The molecule has 41 heavy (non-hydrogen) atoms. The minimum Gasteiger partial charge on any atom is -0.464 e. The van der Waals surface area contributed by atoms with Gasteiger partial charge in [-0.3, -0.25) is 9.69 Å². The van der Waals surface area contributed by atoms with Crippen LogP contribution in [0.3, 0.4) is 0 Å². The smallest absolute Gasteiger partial charge is 0.416 e. The van der Waals surface area contributed by atoms with Gasteiger partial charge in [0.1, 0.15) is 6.61 Å². The molecule has 2 aromatic rings. The number of piperazine rings is 1. The molecule has 1 fully saturated rings. The molecule has 0 aliphatic carbocycles. The van der Waals surface area contributed by atoms with E-state index in [1.54, 1.807) is 6.07 Å². The zero-order chi connectivity index (χ0) is 29.1. The van der Waals surface area contributed by atoms with Crippen LogP contribution in [-0.4, -0.2) is 61.6 Å². The number of ether oxygens (including phenoxy) is 1. The van der Waals surface area contributed by atoms with Crippen molar-refractivity contribution in [3.63, 3.8) is 0 Å². The summed E-state index contributed by atoms with van der Waals surface area (Å²) >= 11 is 1.53. The topological polar surface area (TPSA) is 32.8 Å². The standard InChI is InChI=1S/C33H43F3N2O2S/c1-2-3-4-5-6-7-8-15-32(39)40-24-23-38-21-19-37(20-22-38)18-11-13-27-28-12-9-10-14-30(28)41-31-17-16-26(25-29(27)31)33(34,35)36/h9-10,12-14,16-17,25H,2-8,11,15,18-24H2,1H3/b27-13-. The molecule has 0 atom stereocenters. The van der Waals surface area contributed by atoms with Crippen LogP contribution in [0.4, 0.5) is 13.2 Å². The van der Waals surface area contributed by atoms with Crippen molar-refractivity contribution in [3.8, 4) is 0 Å². The van der Waals surface area contributed by atoms with Crippen LogP contribution < -0.4 is 0 Å². The molecule has 2 aromatic carbocycles. The van der Waals surface area contributed by atoms with Crippen LogP contribution in [0.25, 0.3) is 5.57 Å². The fourth-order valence-corrected chi connectivity index (χ4v) is 6.57. The Balaban J connectivity index is 1.20. The van der Waals surface area contributed by atoms with Crippen molar-refractivity contribution < 1.29 is 22.7 Å². The summed E-state index contributed by atoms with van der Waals surface area (Å²) in [6.07, 6.45) is 7.34. The van der Waals surface area contributed by atoms with Crippen LogP contribution in [-0.2, 0) is 15.7 Å².